The Kier molecular flexibility index (Phi) is 6.11. The molecular weight excluding hydrogens is 418 g/mol. The summed E-state index contributed by atoms with van der Waals surface area (Å²) in [6, 6.07) is -1.27. The van der Waals surface area contributed by atoms with Crippen molar-refractivity contribution >= 4 is 53.0 Å². The van der Waals surface area contributed by atoms with Gasteiger partial charge < -0.3 is 15.7 Å². The van der Waals surface area contributed by atoms with Gasteiger partial charge in [-0.2, -0.15) is 0 Å². The van der Waals surface area contributed by atoms with E-state index in [1.54, 1.807) is 7.05 Å². The van der Waals surface area contributed by atoms with Gasteiger partial charge in [-0.1, -0.05) is 11.8 Å². The van der Waals surface area contributed by atoms with E-state index in [4.69, 9.17) is 11.6 Å². The molecule has 0 bridgehead atoms. The number of fused-ring (bicyclic) bond motifs is 1. The van der Waals surface area contributed by atoms with Gasteiger partial charge in [0.15, 0.2) is 0 Å². The van der Waals surface area contributed by atoms with Gasteiger partial charge in [-0.3, -0.25) is 9.69 Å². The fourth-order valence-electron chi connectivity index (χ4n) is 2.64. The number of nitrogens with one attached hydrogen (secondary N) is 2. The van der Waals surface area contributed by atoms with Gasteiger partial charge >= 0.3 is 12.0 Å². The number of aryl methyl sites for hydroxylation is 1. The summed E-state index contributed by atoms with van der Waals surface area (Å²) in [6.07, 6.45) is 0. The highest BCUT2D eigenvalue weighted by atomic mass is 35.5. The Bertz CT molecular complexity index is 801. The highest BCUT2D eigenvalue weighted by Crippen LogP contribution is 2.41. The summed E-state index contributed by atoms with van der Waals surface area (Å²) < 4.78 is 1.48. The van der Waals surface area contributed by atoms with Crippen molar-refractivity contribution in [1.29, 1.82) is 0 Å². The van der Waals surface area contributed by atoms with Crippen molar-refractivity contribution in [3.05, 3.63) is 11.3 Å². The van der Waals surface area contributed by atoms with Crippen LogP contribution in [0.5, 0.6) is 0 Å². The number of nitrogens with zero attached hydrogens (tertiary/aromatic N) is 5. The molecule has 0 spiro atoms. The van der Waals surface area contributed by atoms with Gasteiger partial charge in [0.1, 0.15) is 17.1 Å². The molecule has 11 nitrogen and oxygen atoms in total. The summed E-state index contributed by atoms with van der Waals surface area (Å²) >= 11 is 8.20. The van der Waals surface area contributed by atoms with Gasteiger partial charge in [0.2, 0.25) is 5.16 Å². The van der Waals surface area contributed by atoms with Crippen LogP contribution < -0.4 is 10.6 Å². The minimum atomic E-state index is -1.18. The van der Waals surface area contributed by atoms with Crippen LogP contribution in [0.3, 0.4) is 0 Å². The number of thioether (sulfide) groups is 2. The lowest BCUT2D eigenvalue weighted by Crippen LogP contribution is -2.71. The molecular formula is C13H16ClN7O4S2. The van der Waals surface area contributed by atoms with E-state index < -0.39 is 29.3 Å². The number of hydrogen-bond acceptors (Lipinski definition) is 8. The first-order chi connectivity index (χ1) is 12.9. The lowest BCUT2D eigenvalue weighted by molar-refractivity contribution is -0.148. The SMILES string of the molecule is Cn1nnnc1SCC1=C(C(=O)O)N2C(=O)C(NC(=O)NCCCl)[C@H]2SC1. The van der Waals surface area contributed by atoms with E-state index >= 15 is 0 Å². The van der Waals surface area contributed by atoms with Crippen molar-refractivity contribution in [2.45, 2.75) is 16.6 Å². The van der Waals surface area contributed by atoms with Crippen molar-refractivity contribution < 1.29 is 19.5 Å². The summed E-state index contributed by atoms with van der Waals surface area (Å²) in [7, 11) is 1.69. The topological polar surface area (TPSA) is 142 Å². The Labute approximate surface area is 167 Å². The molecule has 2 aliphatic heterocycles. The molecule has 1 fully saturated rings. The summed E-state index contributed by atoms with van der Waals surface area (Å²) in [6.45, 7) is 0.272. The molecule has 0 saturated carbocycles. The van der Waals surface area contributed by atoms with Crippen molar-refractivity contribution in [3.63, 3.8) is 0 Å². The van der Waals surface area contributed by atoms with Gasteiger partial charge in [0, 0.05) is 31.0 Å². The summed E-state index contributed by atoms with van der Waals surface area (Å²) in [4.78, 5) is 37.2. The maximum Gasteiger partial charge on any atom is 0.352 e. The minimum absolute atomic E-state index is 0.0365. The predicted octanol–water partition coefficient (Wildman–Crippen LogP) is -0.537. The number of tetrazole rings is 1. The first kappa shape index (κ1) is 19.8. The van der Waals surface area contributed by atoms with Crippen molar-refractivity contribution in [2.24, 2.45) is 7.05 Å². The number of carbonyl (C=O) groups excluding carboxylic acids is 2. The van der Waals surface area contributed by atoms with Gasteiger partial charge in [0.05, 0.1) is 0 Å². The zero-order chi connectivity index (χ0) is 19.6. The van der Waals surface area contributed by atoms with Crippen LogP contribution in [0.15, 0.2) is 16.4 Å². The molecule has 1 saturated heterocycles. The maximum atomic E-state index is 12.5. The smallest absolute Gasteiger partial charge is 0.352 e. The van der Waals surface area contributed by atoms with E-state index in [9.17, 15) is 19.5 Å². The summed E-state index contributed by atoms with van der Waals surface area (Å²) in [5.74, 6) is -0.604. The Morgan fingerprint density at radius 1 is 1.48 bits per heavy atom. The predicted molar refractivity (Wildman–Crippen MR) is 98.3 cm³/mol. The molecule has 1 aromatic rings. The Balaban J connectivity index is 1.70. The second-order valence-electron chi connectivity index (χ2n) is 5.61. The average molecular weight is 434 g/mol. The van der Waals surface area contributed by atoms with Crippen LogP contribution in [0.4, 0.5) is 4.79 Å². The molecule has 27 heavy (non-hydrogen) atoms. The van der Waals surface area contributed by atoms with Crippen LogP contribution in [0.1, 0.15) is 0 Å². The first-order valence-corrected chi connectivity index (χ1v) is 10.4. The molecule has 3 rings (SSSR count). The van der Waals surface area contributed by atoms with Crippen LogP contribution in [-0.4, -0.2) is 83.5 Å². The van der Waals surface area contributed by atoms with Crippen molar-refractivity contribution in [3.8, 4) is 0 Å². The number of aromatic nitrogens is 4. The largest absolute Gasteiger partial charge is 0.477 e. The number of aliphatic carboxylic acids is 1. The third-order valence-corrected chi connectivity index (χ3v) is 6.50. The third-order valence-electron chi connectivity index (χ3n) is 3.87. The van der Waals surface area contributed by atoms with E-state index in [2.05, 4.69) is 26.2 Å². The average Bonchev–Trinajstić information content (AvgIpc) is 3.06. The zero-order valence-corrected chi connectivity index (χ0v) is 16.5. The molecule has 14 heteroatoms. The number of alkyl halides is 1. The summed E-state index contributed by atoms with van der Waals surface area (Å²) in [5.41, 5.74) is 0.570. The number of carbonyl (C=O) groups is 3. The van der Waals surface area contributed by atoms with Crippen LogP contribution in [0.2, 0.25) is 0 Å². The van der Waals surface area contributed by atoms with Crippen LogP contribution in [-0.2, 0) is 16.6 Å². The third kappa shape index (κ3) is 3.99. The van der Waals surface area contributed by atoms with Gasteiger partial charge in [-0.25, -0.2) is 14.3 Å². The maximum absolute atomic E-state index is 12.5. The Morgan fingerprint density at radius 3 is 2.89 bits per heavy atom. The number of urea groups is 1. The molecule has 0 aromatic carbocycles. The van der Waals surface area contributed by atoms with E-state index in [-0.39, 0.29) is 18.1 Å². The van der Waals surface area contributed by atoms with Crippen LogP contribution in [0, 0.1) is 0 Å². The van der Waals surface area contributed by atoms with Crippen LogP contribution in [0.25, 0.3) is 0 Å². The number of hydrogen-bond donors (Lipinski definition) is 3. The summed E-state index contributed by atoms with van der Waals surface area (Å²) in [5, 5.41) is 25.9. The molecule has 2 atom stereocenters. The molecule has 1 unspecified atom stereocenters. The molecule has 3 N–H and O–H groups in total. The number of carboxylic acids is 1. The molecule has 0 aliphatic carbocycles. The quantitative estimate of drug-likeness (QED) is 0.293. The number of halogens is 1. The van der Waals surface area contributed by atoms with Gasteiger partial charge in [-0.15, -0.1) is 28.5 Å². The van der Waals surface area contributed by atoms with E-state index in [1.807, 2.05) is 0 Å². The number of rotatable bonds is 7. The number of amides is 3. The van der Waals surface area contributed by atoms with E-state index in [0.717, 1.165) is 0 Å². The van der Waals surface area contributed by atoms with Gasteiger partial charge in [0.25, 0.3) is 5.91 Å². The molecule has 3 amide bonds. The van der Waals surface area contributed by atoms with Crippen LogP contribution >= 0.6 is 35.1 Å². The molecule has 3 heterocycles. The lowest BCUT2D eigenvalue weighted by Gasteiger charge is -2.49. The lowest BCUT2D eigenvalue weighted by atomic mass is 10.0. The van der Waals surface area contributed by atoms with Crippen molar-refractivity contribution in [1.82, 2.24) is 35.7 Å². The van der Waals surface area contributed by atoms with E-state index in [0.29, 0.717) is 22.2 Å². The minimum Gasteiger partial charge on any atom is -0.477 e. The molecule has 2 aliphatic rings. The normalized spacial score (nSPS) is 21.6. The Morgan fingerprint density at radius 2 is 2.26 bits per heavy atom. The fraction of sp³-hybridized carbons (Fsp3) is 0.538. The molecule has 0 radical (unpaired) electrons. The highest BCUT2D eigenvalue weighted by Gasteiger charge is 2.54. The first-order valence-electron chi connectivity index (χ1n) is 7.79. The Hall–Kier alpha value is -1.99. The second kappa shape index (κ2) is 8.35. The fourth-order valence-corrected chi connectivity index (χ4v) is 5.07. The van der Waals surface area contributed by atoms with Crippen molar-refractivity contribution in [2.75, 3.05) is 23.9 Å². The standard InChI is InChI=1S/C13H16ClN7O4S2/c1-20-13(17-18-19-20)27-5-6-4-26-10-7(16-12(25)15-3-2-14)9(22)21(10)8(6)11(23)24/h7,10H,2-5H2,1H3,(H,23,24)(H2,15,16,25)/t7?,10-/m1/s1. The monoisotopic (exact) mass is 433 g/mol. The highest BCUT2D eigenvalue weighted by molar-refractivity contribution is 8.01. The van der Waals surface area contributed by atoms with E-state index in [1.165, 1.54) is 33.1 Å². The zero-order valence-electron chi connectivity index (χ0n) is 14.1. The number of β-lactam (4-membered cyclic amide) rings is 1. The molecule has 146 valence electrons. The van der Waals surface area contributed by atoms with Gasteiger partial charge in [-0.05, 0) is 16.0 Å². The molecule has 1 aromatic heterocycles. The second-order valence-corrected chi connectivity index (χ2v) is 8.03. The number of carboxylic acid groups (broad SMARTS) is 1.